The monoisotopic (exact) mass is 215 g/mol. The molecule has 0 fully saturated rings. The van der Waals surface area contributed by atoms with Gasteiger partial charge in [-0.1, -0.05) is 30.3 Å². The molecule has 0 radical (unpaired) electrons. The van der Waals surface area contributed by atoms with E-state index in [9.17, 15) is 10.2 Å². The van der Waals surface area contributed by atoms with Gasteiger partial charge in [0.25, 0.3) is 0 Å². The highest BCUT2D eigenvalue weighted by atomic mass is 16.3. The maximum atomic E-state index is 9.39. The minimum atomic E-state index is -0.111. The Bertz CT molecular complexity index is 492. The summed E-state index contributed by atoms with van der Waals surface area (Å²) in [7, 11) is 0. The fourth-order valence-electron chi connectivity index (χ4n) is 1.54. The summed E-state index contributed by atoms with van der Waals surface area (Å²) in [6.45, 7) is 0.515. The SMILES string of the molecule is NCc1ccc(-c2ccc(O)c(O)c2)cc1. The third-order valence-corrected chi connectivity index (χ3v) is 2.50. The first-order chi connectivity index (χ1) is 7.70. The van der Waals surface area contributed by atoms with E-state index in [2.05, 4.69) is 0 Å². The van der Waals surface area contributed by atoms with E-state index in [1.54, 1.807) is 6.07 Å². The molecule has 0 amide bonds. The Balaban J connectivity index is 2.38. The van der Waals surface area contributed by atoms with Crippen LogP contribution in [0.3, 0.4) is 0 Å². The van der Waals surface area contributed by atoms with Crippen LogP contribution in [0.15, 0.2) is 42.5 Å². The van der Waals surface area contributed by atoms with Gasteiger partial charge in [-0.3, -0.25) is 0 Å². The van der Waals surface area contributed by atoms with Gasteiger partial charge >= 0.3 is 0 Å². The molecule has 2 rings (SSSR count). The van der Waals surface area contributed by atoms with Gasteiger partial charge in [-0.15, -0.1) is 0 Å². The van der Waals surface area contributed by atoms with Gasteiger partial charge in [-0.05, 0) is 28.8 Å². The third-order valence-electron chi connectivity index (χ3n) is 2.50. The zero-order valence-electron chi connectivity index (χ0n) is 8.72. The normalized spacial score (nSPS) is 10.3. The molecule has 0 aliphatic heterocycles. The molecule has 0 aromatic heterocycles. The third kappa shape index (κ3) is 1.99. The lowest BCUT2D eigenvalue weighted by Crippen LogP contribution is -1.95. The fraction of sp³-hybridized carbons (Fsp3) is 0.0769. The lowest BCUT2D eigenvalue weighted by Gasteiger charge is -2.04. The molecule has 3 heteroatoms. The smallest absolute Gasteiger partial charge is 0.158 e. The summed E-state index contributed by atoms with van der Waals surface area (Å²) in [6.07, 6.45) is 0. The zero-order chi connectivity index (χ0) is 11.5. The quantitative estimate of drug-likeness (QED) is 0.673. The highest BCUT2D eigenvalue weighted by Gasteiger charge is 2.02. The van der Waals surface area contributed by atoms with Crippen LogP contribution in [0.4, 0.5) is 0 Å². The molecule has 4 N–H and O–H groups in total. The van der Waals surface area contributed by atoms with E-state index in [0.29, 0.717) is 6.54 Å². The summed E-state index contributed by atoms with van der Waals surface area (Å²) in [5, 5.41) is 18.6. The second-order valence-corrected chi connectivity index (χ2v) is 3.60. The molecule has 16 heavy (non-hydrogen) atoms. The summed E-state index contributed by atoms with van der Waals surface area (Å²) >= 11 is 0. The number of hydrogen-bond acceptors (Lipinski definition) is 3. The van der Waals surface area contributed by atoms with Crippen molar-refractivity contribution in [2.24, 2.45) is 5.73 Å². The van der Waals surface area contributed by atoms with Gasteiger partial charge in [-0.2, -0.15) is 0 Å². The predicted octanol–water partition coefficient (Wildman–Crippen LogP) is 2.22. The highest BCUT2D eigenvalue weighted by Crippen LogP contribution is 2.30. The maximum absolute atomic E-state index is 9.39. The lowest BCUT2D eigenvalue weighted by molar-refractivity contribution is 0.404. The first kappa shape index (κ1) is 10.5. The Hall–Kier alpha value is -2.00. The lowest BCUT2D eigenvalue weighted by atomic mass is 10.0. The summed E-state index contributed by atoms with van der Waals surface area (Å²) in [5.74, 6) is -0.220. The molecule has 0 saturated heterocycles. The van der Waals surface area contributed by atoms with Gasteiger partial charge in [0.05, 0.1) is 0 Å². The largest absolute Gasteiger partial charge is 0.504 e. The fourth-order valence-corrected chi connectivity index (χ4v) is 1.54. The van der Waals surface area contributed by atoms with Crippen molar-refractivity contribution in [3.05, 3.63) is 48.0 Å². The number of aromatic hydroxyl groups is 2. The average molecular weight is 215 g/mol. The van der Waals surface area contributed by atoms with Crippen LogP contribution in [0.25, 0.3) is 11.1 Å². The van der Waals surface area contributed by atoms with Crippen molar-refractivity contribution in [1.82, 2.24) is 0 Å². The van der Waals surface area contributed by atoms with E-state index < -0.39 is 0 Å². The average Bonchev–Trinajstić information content (AvgIpc) is 2.33. The van der Waals surface area contributed by atoms with Crippen molar-refractivity contribution in [3.63, 3.8) is 0 Å². The first-order valence-electron chi connectivity index (χ1n) is 5.02. The number of phenols is 2. The molecule has 3 nitrogen and oxygen atoms in total. The zero-order valence-corrected chi connectivity index (χ0v) is 8.72. The van der Waals surface area contributed by atoms with Crippen LogP contribution in [-0.4, -0.2) is 10.2 Å². The van der Waals surface area contributed by atoms with Crippen LogP contribution in [-0.2, 0) is 6.54 Å². The minimum absolute atomic E-state index is 0.109. The van der Waals surface area contributed by atoms with Gasteiger partial charge in [0.2, 0.25) is 0 Å². The Morgan fingerprint density at radius 2 is 1.44 bits per heavy atom. The molecule has 0 aliphatic carbocycles. The molecule has 82 valence electrons. The minimum Gasteiger partial charge on any atom is -0.504 e. The van der Waals surface area contributed by atoms with Gasteiger partial charge in [0.1, 0.15) is 0 Å². The first-order valence-corrected chi connectivity index (χ1v) is 5.02. The Labute approximate surface area is 93.8 Å². The van der Waals surface area contributed by atoms with Crippen molar-refractivity contribution < 1.29 is 10.2 Å². The highest BCUT2D eigenvalue weighted by molar-refractivity contribution is 5.67. The number of rotatable bonds is 2. The van der Waals surface area contributed by atoms with E-state index in [1.807, 2.05) is 24.3 Å². The Morgan fingerprint density at radius 1 is 0.812 bits per heavy atom. The van der Waals surface area contributed by atoms with Crippen LogP contribution in [0.5, 0.6) is 11.5 Å². The van der Waals surface area contributed by atoms with Gasteiger partial charge < -0.3 is 15.9 Å². The Morgan fingerprint density at radius 3 is 2.00 bits per heavy atom. The van der Waals surface area contributed by atoms with Crippen LogP contribution >= 0.6 is 0 Å². The summed E-state index contributed by atoms with van der Waals surface area (Å²) in [4.78, 5) is 0. The van der Waals surface area contributed by atoms with Crippen LogP contribution < -0.4 is 5.73 Å². The molecule has 0 heterocycles. The number of phenolic OH excluding ortho intramolecular Hbond substituents is 2. The van der Waals surface area contributed by atoms with Crippen LogP contribution in [0, 0.1) is 0 Å². The Kier molecular flexibility index (Phi) is 2.79. The number of benzene rings is 2. The molecule has 0 bridgehead atoms. The van der Waals surface area contributed by atoms with Crippen molar-refractivity contribution >= 4 is 0 Å². The van der Waals surface area contributed by atoms with E-state index >= 15 is 0 Å². The molecule has 0 atom stereocenters. The summed E-state index contributed by atoms with van der Waals surface area (Å²) in [6, 6.07) is 12.5. The second-order valence-electron chi connectivity index (χ2n) is 3.60. The van der Waals surface area contributed by atoms with E-state index in [4.69, 9.17) is 5.73 Å². The summed E-state index contributed by atoms with van der Waals surface area (Å²) < 4.78 is 0. The number of nitrogens with two attached hydrogens (primary N) is 1. The molecule has 2 aromatic carbocycles. The van der Waals surface area contributed by atoms with E-state index in [-0.39, 0.29) is 11.5 Å². The van der Waals surface area contributed by atoms with Crippen LogP contribution in [0.1, 0.15) is 5.56 Å². The van der Waals surface area contributed by atoms with Gasteiger partial charge in [0.15, 0.2) is 11.5 Å². The van der Waals surface area contributed by atoms with Crippen molar-refractivity contribution in [2.75, 3.05) is 0 Å². The number of hydrogen-bond donors (Lipinski definition) is 3. The molecule has 0 unspecified atom stereocenters. The second kappa shape index (κ2) is 4.24. The molecular weight excluding hydrogens is 202 g/mol. The maximum Gasteiger partial charge on any atom is 0.158 e. The van der Waals surface area contributed by atoms with E-state index in [0.717, 1.165) is 16.7 Å². The predicted molar refractivity (Wildman–Crippen MR) is 63.1 cm³/mol. The van der Waals surface area contributed by atoms with Gasteiger partial charge in [-0.25, -0.2) is 0 Å². The van der Waals surface area contributed by atoms with Gasteiger partial charge in [0, 0.05) is 6.54 Å². The standard InChI is InChI=1S/C13H13NO2/c14-8-9-1-3-10(4-2-9)11-5-6-12(15)13(16)7-11/h1-7,15-16H,8,14H2. The van der Waals surface area contributed by atoms with Crippen molar-refractivity contribution in [2.45, 2.75) is 6.54 Å². The molecule has 0 saturated carbocycles. The van der Waals surface area contributed by atoms with Crippen LogP contribution in [0.2, 0.25) is 0 Å². The topological polar surface area (TPSA) is 66.5 Å². The molecular formula is C13H13NO2. The summed E-state index contributed by atoms with van der Waals surface area (Å²) in [5.41, 5.74) is 8.41. The molecule has 0 spiro atoms. The van der Waals surface area contributed by atoms with Crippen molar-refractivity contribution in [1.29, 1.82) is 0 Å². The molecule has 2 aromatic rings. The molecule has 0 aliphatic rings. The van der Waals surface area contributed by atoms with E-state index in [1.165, 1.54) is 12.1 Å². The van der Waals surface area contributed by atoms with Crippen molar-refractivity contribution in [3.8, 4) is 22.6 Å².